The Kier molecular flexibility index (Phi) is 15.5. The second-order valence-electron chi connectivity index (χ2n) is 9.96. The summed E-state index contributed by atoms with van der Waals surface area (Å²) in [4.78, 5) is 50.1. The summed E-state index contributed by atoms with van der Waals surface area (Å²) in [6.07, 6.45) is 0.968. The highest BCUT2D eigenvalue weighted by atomic mass is 16.5. The number of likely N-dealkylation sites (N-methyl/N-ethyl adjacent to an activating group) is 1. The van der Waals surface area contributed by atoms with E-state index in [1.165, 1.54) is 0 Å². The van der Waals surface area contributed by atoms with Crippen molar-refractivity contribution in [2.45, 2.75) is 71.0 Å². The van der Waals surface area contributed by atoms with E-state index in [1.54, 1.807) is 0 Å². The maximum Gasteiger partial charge on any atom is 0.407 e. The van der Waals surface area contributed by atoms with Gasteiger partial charge in [0.1, 0.15) is 24.4 Å². The third kappa shape index (κ3) is 13.0. The lowest BCUT2D eigenvalue weighted by Gasteiger charge is -2.23. The van der Waals surface area contributed by atoms with Gasteiger partial charge in [0.05, 0.1) is 6.61 Å². The zero-order chi connectivity index (χ0) is 30.7. The normalized spacial score (nSPS) is 12.1. The minimum Gasteiger partial charge on any atom is -0.492 e. The number of hydrogen-bond acceptors (Lipinski definition) is 7. The zero-order valence-electron chi connectivity index (χ0n) is 24.7. The highest BCUT2D eigenvalue weighted by Gasteiger charge is 2.27. The van der Waals surface area contributed by atoms with Gasteiger partial charge in [0.15, 0.2) is 0 Å². The fraction of sp³-hybridized carbons (Fsp3) is 0.484. The number of benzene rings is 2. The van der Waals surface area contributed by atoms with E-state index in [4.69, 9.17) is 14.6 Å². The van der Waals surface area contributed by atoms with E-state index in [0.717, 1.165) is 23.1 Å². The lowest BCUT2D eigenvalue weighted by molar-refractivity contribution is -0.137. The number of ether oxygens (including phenoxy) is 2. The van der Waals surface area contributed by atoms with Crippen LogP contribution in [-0.2, 0) is 32.1 Å². The molecule has 0 aliphatic rings. The van der Waals surface area contributed by atoms with Crippen LogP contribution in [0.5, 0.6) is 5.75 Å². The Labute approximate surface area is 247 Å². The van der Waals surface area contributed by atoms with Gasteiger partial charge in [-0.3, -0.25) is 14.4 Å². The Bertz CT molecular complexity index is 1140. The van der Waals surface area contributed by atoms with Crippen molar-refractivity contribution in [2.24, 2.45) is 0 Å². The first-order chi connectivity index (χ1) is 20.2. The average molecular weight is 585 g/mol. The maximum atomic E-state index is 13.4. The van der Waals surface area contributed by atoms with Gasteiger partial charge in [-0.25, -0.2) is 4.79 Å². The van der Waals surface area contributed by atoms with Crippen molar-refractivity contribution in [1.82, 2.24) is 21.3 Å². The van der Waals surface area contributed by atoms with Crippen LogP contribution in [0.15, 0.2) is 48.5 Å². The number of alkyl carbamates (subject to hydrolysis) is 1. The molecule has 0 aliphatic carbocycles. The van der Waals surface area contributed by atoms with Crippen molar-refractivity contribution in [3.05, 3.63) is 65.2 Å². The summed E-state index contributed by atoms with van der Waals surface area (Å²) in [5.74, 6) is -1.48. The first-order valence-electron chi connectivity index (χ1n) is 14.4. The lowest BCUT2D eigenvalue weighted by Crippen LogP contribution is -2.54. The lowest BCUT2D eigenvalue weighted by atomic mass is 10.0. The Morgan fingerprint density at radius 1 is 0.929 bits per heavy atom. The molecule has 5 N–H and O–H groups in total. The van der Waals surface area contributed by atoms with E-state index < -0.39 is 36.0 Å². The third-order valence-corrected chi connectivity index (χ3v) is 6.58. The number of hydrogen-bond donors (Lipinski definition) is 5. The molecule has 2 atom stereocenters. The number of aliphatic carboxylic acids is 1. The highest BCUT2D eigenvalue weighted by molar-refractivity contribution is 5.91. The van der Waals surface area contributed by atoms with Gasteiger partial charge in [0.2, 0.25) is 11.8 Å². The van der Waals surface area contributed by atoms with E-state index in [0.29, 0.717) is 38.2 Å². The van der Waals surface area contributed by atoms with E-state index >= 15 is 0 Å². The van der Waals surface area contributed by atoms with E-state index in [-0.39, 0.29) is 26.0 Å². The number of nitrogens with one attached hydrogen (secondary N) is 4. The van der Waals surface area contributed by atoms with Crippen molar-refractivity contribution < 1.29 is 33.8 Å². The summed E-state index contributed by atoms with van der Waals surface area (Å²) < 4.78 is 10.8. The highest BCUT2D eigenvalue weighted by Crippen LogP contribution is 2.17. The Morgan fingerprint density at radius 2 is 1.67 bits per heavy atom. The Morgan fingerprint density at radius 3 is 2.36 bits per heavy atom. The van der Waals surface area contributed by atoms with Crippen LogP contribution in [0.2, 0.25) is 0 Å². The van der Waals surface area contributed by atoms with E-state index in [9.17, 15) is 19.2 Å². The molecule has 3 amide bonds. The summed E-state index contributed by atoms with van der Waals surface area (Å²) in [7, 11) is 1.84. The first-order valence-corrected chi connectivity index (χ1v) is 14.4. The van der Waals surface area contributed by atoms with Crippen LogP contribution in [0, 0.1) is 6.92 Å². The quantitative estimate of drug-likeness (QED) is 0.158. The van der Waals surface area contributed by atoms with Crippen molar-refractivity contribution in [3.63, 3.8) is 0 Å². The summed E-state index contributed by atoms with van der Waals surface area (Å²) in [6, 6.07) is 13.1. The summed E-state index contributed by atoms with van der Waals surface area (Å²) in [6.45, 7) is 5.48. The smallest absolute Gasteiger partial charge is 0.407 e. The fourth-order valence-corrected chi connectivity index (χ4v) is 4.03. The number of amides is 3. The van der Waals surface area contributed by atoms with Crippen LogP contribution < -0.4 is 26.0 Å². The van der Waals surface area contributed by atoms with Crippen LogP contribution in [0.1, 0.15) is 55.7 Å². The molecule has 2 rings (SSSR count). The fourth-order valence-electron chi connectivity index (χ4n) is 4.03. The molecule has 0 spiro atoms. The monoisotopic (exact) mass is 584 g/mol. The number of carbonyl (C=O) groups is 4. The maximum absolute atomic E-state index is 13.4. The van der Waals surface area contributed by atoms with Crippen molar-refractivity contribution in [3.8, 4) is 5.75 Å². The summed E-state index contributed by atoms with van der Waals surface area (Å²) in [5.41, 5.74) is 2.83. The van der Waals surface area contributed by atoms with Gasteiger partial charge in [-0.1, -0.05) is 49.7 Å². The molecule has 0 saturated heterocycles. The largest absolute Gasteiger partial charge is 0.492 e. The Balaban J connectivity index is 2.14. The topological polar surface area (TPSA) is 155 Å². The molecule has 0 radical (unpaired) electrons. The number of aryl methyl sites for hydroxylation is 2. The van der Waals surface area contributed by atoms with Gasteiger partial charge in [0, 0.05) is 19.5 Å². The van der Waals surface area contributed by atoms with Crippen molar-refractivity contribution in [1.29, 1.82) is 0 Å². The predicted octanol–water partition coefficient (Wildman–Crippen LogP) is 3.09. The molecule has 0 aliphatic heterocycles. The molecule has 0 fully saturated rings. The second-order valence-corrected chi connectivity index (χ2v) is 9.96. The van der Waals surface area contributed by atoms with Crippen LogP contribution in [0.3, 0.4) is 0 Å². The standard InChI is InChI=1S/C31H44N4O7/c1-4-5-18-42-31(40)35-27(15-16-28(36)37)30(39)34-26(14-12-23-9-7-6-8-10-23)29(38)33-21-24-20-25(13-11-22(24)2)41-19-17-32-3/h6-11,13,20,26-27,32H,4-5,12,14-19,21H2,1-3H3,(H,33,38)(H,34,39)(H,35,40)(H,36,37)/t26-,27-/m0/s1. The summed E-state index contributed by atoms with van der Waals surface area (Å²) >= 11 is 0. The molecular formula is C31H44N4O7. The molecule has 42 heavy (non-hydrogen) atoms. The molecule has 2 aromatic carbocycles. The molecule has 2 aromatic rings. The van der Waals surface area contributed by atoms with Gasteiger partial charge in [-0.05, 0) is 68.5 Å². The molecule has 230 valence electrons. The van der Waals surface area contributed by atoms with E-state index in [1.807, 2.05) is 69.4 Å². The number of carboxylic acids is 1. The number of carbonyl (C=O) groups excluding carboxylic acids is 3. The number of rotatable bonds is 19. The molecular weight excluding hydrogens is 540 g/mol. The minimum absolute atomic E-state index is 0.156. The average Bonchev–Trinajstić information content (AvgIpc) is 2.97. The van der Waals surface area contributed by atoms with Crippen LogP contribution in [0.25, 0.3) is 0 Å². The number of carboxylic acid groups (broad SMARTS) is 1. The van der Waals surface area contributed by atoms with Gasteiger partial charge < -0.3 is 35.8 Å². The molecule has 0 heterocycles. The van der Waals surface area contributed by atoms with Crippen molar-refractivity contribution in [2.75, 3.05) is 26.8 Å². The molecule has 11 nitrogen and oxygen atoms in total. The van der Waals surface area contributed by atoms with Crippen molar-refractivity contribution >= 4 is 23.9 Å². The van der Waals surface area contributed by atoms with Crippen LogP contribution in [-0.4, -0.2) is 67.9 Å². The van der Waals surface area contributed by atoms with Gasteiger partial charge >= 0.3 is 12.1 Å². The summed E-state index contributed by atoms with van der Waals surface area (Å²) in [5, 5.41) is 20.3. The zero-order valence-corrected chi connectivity index (χ0v) is 24.7. The molecule has 0 unspecified atom stereocenters. The number of unbranched alkanes of at least 4 members (excludes halogenated alkanes) is 1. The van der Waals surface area contributed by atoms with Gasteiger partial charge in [0.25, 0.3) is 0 Å². The molecule has 0 bridgehead atoms. The SMILES string of the molecule is CCCCOC(=O)N[C@@H](CCC(=O)O)C(=O)N[C@@H](CCc1ccccc1)C(=O)NCc1cc(OCCNC)ccc1C. The third-order valence-electron chi connectivity index (χ3n) is 6.58. The first kappa shape index (κ1) is 34.1. The predicted molar refractivity (Wildman–Crippen MR) is 159 cm³/mol. The molecule has 0 aromatic heterocycles. The van der Waals surface area contributed by atoms with Crippen LogP contribution >= 0.6 is 0 Å². The van der Waals surface area contributed by atoms with E-state index in [2.05, 4.69) is 21.3 Å². The van der Waals surface area contributed by atoms with Crippen LogP contribution in [0.4, 0.5) is 4.79 Å². The minimum atomic E-state index is -1.18. The Hall–Kier alpha value is -4.12. The second kappa shape index (κ2) is 19.1. The molecule has 0 saturated carbocycles. The van der Waals surface area contributed by atoms with Gasteiger partial charge in [-0.15, -0.1) is 0 Å². The molecule has 11 heteroatoms. The van der Waals surface area contributed by atoms with Gasteiger partial charge in [-0.2, -0.15) is 0 Å².